The van der Waals surface area contributed by atoms with Crippen LogP contribution in [0, 0.1) is 6.92 Å². The van der Waals surface area contributed by atoms with Gasteiger partial charge in [0, 0.05) is 12.4 Å². The predicted molar refractivity (Wildman–Crippen MR) is 66.8 cm³/mol. The molecule has 0 fully saturated rings. The lowest BCUT2D eigenvalue weighted by atomic mass is 10.2. The molecule has 0 saturated carbocycles. The first kappa shape index (κ1) is 12.8. The quantitative estimate of drug-likeness (QED) is 0.908. The van der Waals surface area contributed by atoms with Crippen LogP contribution in [0.2, 0.25) is 0 Å². The van der Waals surface area contributed by atoms with Gasteiger partial charge in [-0.2, -0.15) is 0 Å². The van der Waals surface area contributed by atoms with Crippen LogP contribution in [0.25, 0.3) is 0 Å². The fourth-order valence-corrected chi connectivity index (χ4v) is 1.48. The number of aromatic nitrogens is 2. The second-order valence-corrected chi connectivity index (χ2v) is 3.72. The van der Waals surface area contributed by atoms with Crippen LogP contribution in [-0.2, 0) is 0 Å². The van der Waals surface area contributed by atoms with Crippen LogP contribution >= 0.6 is 0 Å². The molecule has 0 amide bonds. The first-order valence-electron chi connectivity index (χ1n) is 5.48. The number of aryl methyl sites for hydroxylation is 1. The smallest absolute Gasteiger partial charge is 0.335 e. The van der Waals surface area contributed by atoms with E-state index >= 15 is 0 Å². The van der Waals surface area contributed by atoms with Crippen LogP contribution in [0.3, 0.4) is 0 Å². The zero-order valence-corrected chi connectivity index (χ0v) is 10.5. The van der Waals surface area contributed by atoms with E-state index in [9.17, 15) is 4.79 Å². The summed E-state index contributed by atoms with van der Waals surface area (Å²) >= 11 is 0. The van der Waals surface area contributed by atoms with Gasteiger partial charge in [0.1, 0.15) is 0 Å². The first-order valence-corrected chi connectivity index (χ1v) is 5.48. The molecular formula is C13H12N2O4. The minimum absolute atomic E-state index is 0.125. The molecule has 0 atom stereocenters. The van der Waals surface area contributed by atoms with Crippen LogP contribution in [0.15, 0.2) is 30.6 Å². The fourth-order valence-electron chi connectivity index (χ4n) is 1.48. The lowest BCUT2D eigenvalue weighted by molar-refractivity contribution is 0.0696. The maximum Gasteiger partial charge on any atom is 0.335 e. The summed E-state index contributed by atoms with van der Waals surface area (Å²) in [5.74, 6) is 0.0328. The van der Waals surface area contributed by atoms with Gasteiger partial charge in [0.05, 0.1) is 18.4 Å². The summed E-state index contributed by atoms with van der Waals surface area (Å²) < 4.78 is 10.7. The Kier molecular flexibility index (Phi) is 3.61. The third kappa shape index (κ3) is 2.79. The Balaban J connectivity index is 2.35. The zero-order chi connectivity index (χ0) is 13.8. The molecule has 0 radical (unpaired) electrons. The van der Waals surface area contributed by atoms with Crippen molar-refractivity contribution >= 4 is 5.97 Å². The highest BCUT2D eigenvalue weighted by molar-refractivity contribution is 5.88. The van der Waals surface area contributed by atoms with Gasteiger partial charge in [0.15, 0.2) is 11.5 Å². The van der Waals surface area contributed by atoms with Gasteiger partial charge in [-0.15, -0.1) is 0 Å². The molecule has 0 unspecified atom stereocenters. The summed E-state index contributed by atoms with van der Waals surface area (Å²) in [5, 5.41) is 8.91. The summed E-state index contributed by atoms with van der Waals surface area (Å²) in [7, 11) is 1.44. The maximum atomic E-state index is 10.9. The predicted octanol–water partition coefficient (Wildman–Crippen LogP) is 2.28. The fraction of sp³-hybridized carbons (Fsp3) is 0.154. The van der Waals surface area contributed by atoms with Crippen molar-refractivity contribution in [2.45, 2.75) is 6.92 Å². The van der Waals surface area contributed by atoms with Gasteiger partial charge in [-0.1, -0.05) is 0 Å². The van der Waals surface area contributed by atoms with E-state index in [4.69, 9.17) is 14.6 Å². The highest BCUT2D eigenvalue weighted by Gasteiger charge is 2.12. The molecule has 19 heavy (non-hydrogen) atoms. The molecule has 0 saturated heterocycles. The number of benzene rings is 1. The highest BCUT2D eigenvalue weighted by atomic mass is 16.5. The molecule has 1 aromatic heterocycles. The van der Waals surface area contributed by atoms with Crippen molar-refractivity contribution in [3.05, 3.63) is 41.9 Å². The average Bonchev–Trinajstić information content (AvgIpc) is 2.41. The molecule has 0 aliphatic rings. The van der Waals surface area contributed by atoms with Gasteiger partial charge in [0.25, 0.3) is 0 Å². The van der Waals surface area contributed by atoms with Crippen molar-refractivity contribution in [2.24, 2.45) is 0 Å². The number of rotatable bonds is 4. The minimum atomic E-state index is -1.03. The lowest BCUT2D eigenvalue weighted by Crippen LogP contribution is -1.99. The first-order chi connectivity index (χ1) is 9.11. The Labute approximate surface area is 109 Å². The van der Waals surface area contributed by atoms with E-state index in [1.807, 2.05) is 0 Å². The number of aromatic carboxylic acids is 1. The van der Waals surface area contributed by atoms with Crippen LogP contribution in [0.5, 0.6) is 17.4 Å². The SMILES string of the molecule is COc1cc(C(=O)O)ccc1Oc1nccnc1C. The molecule has 0 bridgehead atoms. The van der Waals surface area contributed by atoms with Gasteiger partial charge >= 0.3 is 5.97 Å². The molecule has 0 spiro atoms. The van der Waals surface area contributed by atoms with Crippen molar-refractivity contribution in [1.29, 1.82) is 0 Å². The molecular weight excluding hydrogens is 248 g/mol. The maximum absolute atomic E-state index is 10.9. The third-order valence-electron chi connectivity index (χ3n) is 2.45. The Bertz CT molecular complexity index is 613. The molecule has 1 N–H and O–H groups in total. The van der Waals surface area contributed by atoms with E-state index < -0.39 is 5.97 Å². The van der Waals surface area contributed by atoms with Gasteiger partial charge in [-0.3, -0.25) is 4.98 Å². The topological polar surface area (TPSA) is 81.5 Å². The summed E-state index contributed by atoms with van der Waals surface area (Å²) in [6.07, 6.45) is 3.08. The Morgan fingerprint density at radius 1 is 1.21 bits per heavy atom. The summed E-state index contributed by atoms with van der Waals surface area (Å²) in [4.78, 5) is 19.0. The Hall–Kier alpha value is -2.63. The van der Waals surface area contributed by atoms with Crippen molar-refractivity contribution in [3.8, 4) is 17.4 Å². The number of nitrogens with zero attached hydrogens (tertiary/aromatic N) is 2. The van der Waals surface area contributed by atoms with Crippen LogP contribution < -0.4 is 9.47 Å². The molecule has 1 heterocycles. The third-order valence-corrected chi connectivity index (χ3v) is 2.45. The number of carboxylic acid groups (broad SMARTS) is 1. The standard InChI is InChI=1S/C13H12N2O4/c1-8-12(15-6-5-14-8)19-10-4-3-9(13(16)17)7-11(10)18-2/h3-7H,1-2H3,(H,16,17). The van der Waals surface area contributed by atoms with Crippen molar-refractivity contribution < 1.29 is 19.4 Å². The molecule has 1 aromatic carbocycles. The number of carbonyl (C=O) groups is 1. The van der Waals surface area contributed by atoms with Gasteiger partial charge in [-0.25, -0.2) is 9.78 Å². The van der Waals surface area contributed by atoms with E-state index in [0.717, 1.165) is 0 Å². The Morgan fingerprint density at radius 3 is 2.58 bits per heavy atom. The number of methoxy groups -OCH3 is 1. The summed E-state index contributed by atoms with van der Waals surface area (Å²) in [5.41, 5.74) is 0.756. The van der Waals surface area contributed by atoms with E-state index in [1.54, 1.807) is 13.1 Å². The van der Waals surface area contributed by atoms with Crippen molar-refractivity contribution in [1.82, 2.24) is 9.97 Å². The number of carboxylic acids is 1. The monoisotopic (exact) mass is 260 g/mol. The van der Waals surface area contributed by atoms with Gasteiger partial charge in [-0.05, 0) is 25.1 Å². The average molecular weight is 260 g/mol. The van der Waals surface area contributed by atoms with Gasteiger partial charge in [0.2, 0.25) is 5.88 Å². The number of hydrogen-bond donors (Lipinski definition) is 1. The molecule has 98 valence electrons. The van der Waals surface area contributed by atoms with Gasteiger partial charge < -0.3 is 14.6 Å². The minimum Gasteiger partial charge on any atom is -0.493 e. The second-order valence-electron chi connectivity index (χ2n) is 3.72. The normalized spacial score (nSPS) is 10.0. The van der Waals surface area contributed by atoms with Crippen molar-refractivity contribution in [2.75, 3.05) is 7.11 Å². The van der Waals surface area contributed by atoms with E-state index in [1.165, 1.54) is 31.5 Å². The molecule has 0 aliphatic heterocycles. The molecule has 6 heteroatoms. The van der Waals surface area contributed by atoms with Crippen molar-refractivity contribution in [3.63, 3.8) is 0 Å². The highest BCUT2D eigenvalue weighted by Crippen LogP contribution is 2.32. The number of hydrogen-bond acceptors (Lipinski definition) is 5. The van der Waals surface area contributed by atoms with E-state index in [-0.39, 0.29) is 5.56 Å². The number of ether oxygens (including phenoxy) is 2. The van der Waals surface area contributed by atoms with E-state index in [2.05, 4.69) is 9.97 Å². The Morgan fingerprint density at radius 2 is 1.95 bits per heavy atom. The lowest BCUT2D eigenvalue weighted by Gasteiger charge is -2.11. The molecule has 2 rings (SSSR count). The summed E-state index contributed by atoms with van der Waals surface area (Å²) in [6.45, 7) is 1.76. The van der Waals surface area contributed by atoms with Crippen LogP contribution in [0.4, 0.5) is 0 Å². The van der Waals surface area contributed by atoms with Crippen LogP contribution in [-0.4, -0.2) is 28.2 Å². The molecule has 6 nitrogen and oxygen atoms in total. The van der Waals surface area contributed by atoms with E-state index in [0.29, 0.717) is 23.1 Å². The summed E-state index contributed by atoms with van der Waals surface area (Å²) in [6, 6.07) is 4.35. The molecule has 2 aromatic rings. The van der Waals surface area contributed by atoms with Crippen LogP contribution in [0.1, 0.15) is 16.1 Å². The molecule has 0 aliphatic carbocycles. The largest absolute Gasteiger partial charge is 0.493 e. The zero-order valence-electron chi connectivity index (χ0n) is 10.5. The second kappa shape index (κ2) is 5.34.